The Bertz CT molecular complexity index is 184. The zero-order valence-corrected chi connectivity index (χ0v) is 10.6. The van der Waals surface area contributed by atoms with E-state index in [1.54, 1.807) is 0 Å². The van der Waals surface area contributed by atoms with E-state index in [0.717, 1.165) is 0 Å². The first-order valence-electron chi connectivity index (χ1n) is 5.13. The highest BCUT2D eigenvalue weighted by molar-refractivity contribution is 5.69. The van der Waals surface area contributed by atoms with Crippen LogP contribution in [0.1, 0.15) is 12.8 Å². The van der Waals surface area contributed by atoms with Crippen molar-refractivity contribution in [3.63, 3.8) is 0 Å². The number of hydrogen-bond acceptors (Lipinski definition) is 8. The molecular weight excluding hydrogens is 248 g/mol. The summed E-state index contributed by atoms with van der Waals surface area (Å²) in [5.41, 5.74) is 0. The molecule has 0 fully saturated rings. The van der Waals surface area contributed by atoms with Crippen LogP contribution in [0.4, 0.5) is 0 Å². The normalized spacial score (nSPS) is 9.11. The maximum Gasteiger partial charge on any atom is 0.310 e. The molecule has 2 N–H and O–H groups in total. The van der Waals surface area contributed by atoms with Crippen molar-refractivity contribution in [3.05, 3.63) is 0 Å². The molecule has 0 aliphatic rings. The quantitative estimate of drug-likeness (QED) is 0.427. The minimum Gasteiger partial charge on any atom is -0.439 e. The van der Waals surface area contributed by atoms with Crippen LogP contribution in [0.3, 0.4) is 0 Å². The van der Waals surface area contributed by atoms with Crippen LogP contribution in [0, 0.1) is 0 Å². The smallest absolute Gasteiger partial charge is 0.310 e. The van der Waals surface area contributed by atoms with Gasteiger partial charge < -0.3 is 29.2 Å². The number of aliphatic hydroxyl groups is 2. The van der Waals surface area contributed by atoms with Gasteiger partial charge in [-0.1, -0.05) is 0 Å². The average molecular weight is 268 g/mol. The molecule has 0 aromatic heterocycles. The second-order valence-corrected chi connectivity index (χ2v) is 2.78. The Kier molecular flexibility index (Phi) is 16.8. The first-order chi connectivity index (χ1) is 8.62. The predicted octanol–water partition coefficient (Wildman–Crippen LogP) is -0.968. The molecule has 0 saturated heterocycles. The van der Waals surface area contributed by atoms with Crippen molar-refractivity contribution in [2.75, 3.05) is 41.0 Å². The van der Waals surface area contributed by atoms with Gasteiger partial charge in [-0.25, -0.2) is 0 Å². The molecular formula is C10H20O8. The van der Waals surface area contributed by atoms with E-state index in [-0.39, 0.29) is 12.8 Å². The summed E-state index contributed by atoms with van der Waals surface area (Å²) in [5.74, 6) is -0.890. The number of esters is 2. The lowest BCUT2D eigenvalue weighted by Gasteiger charge is -1.97. The third-order valence-electron chi connectivity index (χ3n) is 1.47. The van der Waals surface area contributed by atoms with Crippen molar-refractivity contribution in [2.45, 2.75) is 12.8 Å². The van der Waals surface area contributed by atoms with Crippen LogP contribution in [0.2, 0.25) is 0 Å². The van der Waals surface area contributed by atoms with Gasteiger partial charge in [0.05, 0.1) is 26.1 Å². The van der Waals surface area contributed by atoms with Crippen LogP contribution in [0.25, 0.3) is 0 Å². The molecule has 8 nitrogen and oxygen atoms in total. The lowest BCUT2D eigenvalue weighted by Crippen LogP contribution is -2.07. The Hall–Kier alpha value is -1.22. The molecule has 18 heavy (non-hydrogen) atoms. The summed E-state index contributed by atoms with van der Waals surface area (Å²) in [5, 5.41) is 16.1. The minimum absolute atomic E-state index is 0.192. The van der Waals surface area contributed by atoms with Gasteiger partial charge in [0, 0.05) is 14.2 Å². The van der Waals surface area contributed by atoms with Gasteiger partial charge in [0.1, 0.15) is 0 Å². The summed E-state index contributed by atoms with van der Waals surface area (Å²) in [7, 11) is 2.98. The molecule has 0 unspecified atom stereocenters. The summed E-state index contributed by atoms with van der Waals surface area (Å²) >= 11 is 0. The van der Waals surface area contributed by atoms with E-state index in [4.69, 9.17) is 10.2 Å². The average Bonchev–Trinajstić information content (AvgIpc) is 2.35. The summed E-state index contributed by atoms with van der Waals surface area (Å²) in [6, 6.07) is 0. The molecule has 0 aromatic rings. The number of rotatable bonds is 8. The zero-order valence-electron chi connectivity index (χ0n) is 10.6. The highest BCUT2D eigenvalue weighted by Gasteiger charge is 1.99. The van der Waals surface area contributed by atoms with Gasteiger partial charge in [0.2, 0.25) is 0 Å². The first-order valence-corrected chi connectivity index (χ1v) is 5.13. The molecule has 0 aliphatic carbocycles. The van der Waals surface area contributed by atoms with Crippen LogP contribution in [-0.2, 0) is 28.5 Å². The van der Waals surface area contributed by atoms with Crippen LogP contribution >= 0.6 is 0 Å². The molecule has 0 rings (SSSR count). The van der Waals surface area contributed by atoms with Crippen molar-refractivity contribution in [1.82, 2.24) is 0 Å². The van der Waals surface area contributed by atoms with E-state index in [2.05, 4.69) is 18.9 Å². The molecule has 0 bridgehead atoms. The molecule has 0 aromatic carbocycles. The van der Waals surface area contributed by atoms with Crippen molar-refractivity contribution in [2.24, 2.45) is 0 Å². The number of aliphatic hydroxyl groups excluding tert-OH is 2. The minimum atomic E-state index is -0.553. The Morgan fingerprint density at radius 1 is 0.833 bits per heavy atom. The maximum absolute atomic E-state index is 10.3. The number of carbonyl (C=O) groups excluding carboxylic acids is 2. The summed E-state index contributed by atoms with van der Waals surface area (Å²) in [6.07, 6.45) is 0.383. The van der Waals surface area contributed by atoms with E-state index < -0.39 is 25.5 Å². The Labute approximate surface area is 105 Å². The molecule has 0 amide bonds. The Morgan fingerprint density at radius 2 is 1.17 bits per heavy atom. The van der Waals surface area contributed by atoms with Gasteiger partial charge >= 0.3 is 11.9 Å². The lowest BCUT2D eigenvalue weighted by molar-refractivity contribution is -0.153. The fourth-order valence-electron chi connectivity index (χ4n) is 0.659. The molecule has 0 radical (unpaired) electrons. The van der Waals surface area contributed by atoms with E-state index in [1.165, 1.54) is 14.2 Å². The lowest BCUT2D eigenvalue weighted by atomic mass is 10.5. The van der Waals surface area contributed by atoms with Gasteiger partial charge in [0.25, 0.3) is 0 Å². The fourth-order valence-corrected chi connectivity index (χ4v) is 0.659. The zero-order chi connectivity index (χ0) is 14.2. The van der Waals surface area contributed by atoms with E-state index in [9.17, 15) is 9.59 Å². The van der Waals surface area contributed by atoms with Crippen molar-refractivity contribution < 1.29 is 38.7 Å². The van der Waals surface area contributed by atoms with E-state index >= 15 is 0 Å². The summed E-state index contributed by atoms with van der Waals surface area (Å²) in [4.78, 5) is 20.7. The molecule has 0 heterocycles. The van der Waals surface area contributed by atoms with Crippen molar-refractivity contribution in [3.8, 4) is 0 Å². The largest absolute Gasteiger partial charge is 0.439 e. The predicted molar refractivity (Wildman–Crippen MR) is 59.3 cm³/mol. The van der Waals surface area contributed by atoms with E-state index in [1.807, 2.05) is 0 Å². The highest BCUT2D eigenvalue weighted by atomic mass is 16.6. The molecule has 0 atom stereocenters. The van der Waals surface area contributed by atoms with Crippen LogP contribution in [0.5, 0.6) is 0 Å². The summed E-state index contributed by atoms with van der Waals surface area (Å²) in [6.45, 7) is -0.442. The molecule has 0 aliphatic heterocycles. The van der Waals surface area contributed by atoms with Gasteiger partial charge in [0.15, 0.2) is 13.6 Å². The number of carbonyl (C=O) groups is 2. The third kappa shape index (κ3) is 17.2. The molecule has 108 valence electrons. The number of hydrogen-bond donors (Lipinski definition) is 2. The monoisotopic (exact) mass is 268 g/mol. The second-order valence-electron chi connectivity index (χ2n) is 2.78. The van der Waals surface area contributed by atoms with Crippen LogP contribution in [0.15, 0.2) is 0 Å². The molecule has 0 spiro atoms. The van der Waals surface area contributed by atoms with Crippen LogP contribution in [-0.4, -0.2) is 63.2 Å². The topological polar surface area (TPSA) is 112 Å². The SMILES string of the molecule is COCCC(=O)OCO.COCCC(=O)OCO. The second kappa shape index (κ2) is 15.8. The molecule has 8 heteroatoms. The van der Waals surface area contributed by atoms with Crippen LogP contribution < -0.4 is 0 Å². The standard InChI is InChI=1S/2C5H10O4/c2*1-8-3-2-5(7)9-4-6/h2*6H,2-4H2,1H3. The maximum atomic E-state index is 10.3. The van der Waals surface area contributed by atoms with Gasteiger partial charge in [-0.2, -0.15) is 0 Å². The number of ether oxygens (including phenoxy) is 4. The third-order valence-corrected chi connectivity index (χ3v) is 1.47. The first kappa shape index (κ1) is 19.1. The van der Waals surface area contributed by atoms with Gasteiger partial charge in [-0.3, -0.25) is 9.59 Å². The fraction of sp³-hybridized carbons (Fsp3) is 0.800. The number of methoxy groups -OCH3 is 2. The van der Waals surface area contributed by atoms with Crippen molar-refractivity contribution in [1.29, 1.82) is 0 Å². The highest BCUT2D eigenvalue weighted by Crippen LogP contribution is 1.85. The summed E-state index contributed by atoms with van der Waals surface area (Å²) < 4.78 is 17.5. The Morgan fingerprint density at radius 3 is 1.39 bits per heavy atom. The van der Waals surface area contributed by atoms with Gasteiger partial charge in [-0.15, -0.1) is 0 Å². The van der Waals surface area contributed by atoms with Crippen molar-refractivity contribution >= 4 is 11.9 Å². The molecule has 0 saturated carbocycles. The van der Waals surface area contributed by atoms with Gasteiger partial charge in [-0.05, 0) is 0 Å². The van der Waals surface area contributed by atoms with E-state index in [0.29, 0.717) is 13.2 Å². The Balaban J connectivity index is 0.